The van der Waals surface area contributed by atoms with E-state index in [0.717, 1.165) is 16.9 Å². The Morgan fingerprint density at radius 2 is 1.96 bits per heavy atom. The van der Waals surface area contributed by atoms with Gasteiger partial charge in [0.05, 0.1) is 13.7 Å². The predicted molar refractivity (Wildman–Crippen MR) is 99.4 cm³/mol. The fourth-order valence-electron chi connectivity index (χ4n) is 2.45. The van der Waals surface area contributed by atoms with Crippen molar-refractivity contribution >= 4 is 17.4 Å². The summed E-state index contributed by atoms with van der Waals surface area (Å²) in [6.07, 6.45) is 3.29. The lowest BCUT2D eigenvalue weighted by atomic mass is 10.2. The van der Waals surface area contributed by atoms with Gasteiger partial charge in [0.25, 0.3) is 5.56 Å². The Bertz CT molecular complexity index is 907. The molecule has 0 atom stereocenters. The van der Waals surface area contributed by atoms with Crippen LogP contribution in [0.15, 0.2) is 65.7 Å². The number of halogens is 1. The van der Waals surface area contributed by atoms with Crippen LogP contribution in [0.4, 0.5) is 5.82 Å². The summed E-state index contributed by atoms with van der Waals surface area (Å²) in [5.41, 5.74) is 1.84. The zero-order chi connectivity index (χ0) is 17.6. The SMILES string of the molecule is COc1cccc(CNc2nccn(Cc3ccc(Cl)cc3)c2=O)c1. The highest BCUT2D eigenvalue weighted by atomic mass is 35.5. The molecule has 0 saturated heterocycles. The second kappa shape index (κ2) is 7.85. The van der Waals surface area contributed by atoms with E-state index in [2.05, 4.69) is 10.3 Å². The maximum Gasteiger partial charge on any atom is 0.293 e. The second-order valence-corrected chi connectivity index (χ2v) is 5.98. The van der Waals surface area contributed by atoms with Gasteiger partial charge >= 0.3 is 0 Å². The van der Waals surface area contributed by atoms with Crippen molar-refractivity contribution in [3.63, 3.8) is 0 Å². The number of hydrogen-bond acceptors (Lipinski definition) is 4. The molecule has 0 aliphatic rings. The minimum atomic E-state index is -0.166. The first-order valence-corrected chi connectivity index (χ1v) is 8.20. The molecule has 0 saturated carbocycles. The topological polar surface area (TPSA) is 56.1 Å². The van der Waals surface area contributed by atoms with Crippen LogP contribution >= 0.6 is 11.6 Å². The molecule has 2 aromatic carbocycles. The van der Waals surface area contributed by atoms with Crippen LogP contribution in [0.2, 0.25) is 5.02 Å². The Labute approximate surface area is 150 Å². The van der Waals surface area contributed by atoms with E-state index in [9.17, 15) is 4.79 Å². The maximum atomic E-state index is 12.6. The number of rotatable bonds is 6. The molecule has 3 rings (SSSR count). The molecule has 6 heteroatoms. The van der Waals surface area contributed by atoms with E-state index in [0.29, 0.717) is 23.9 Å². The Hall–Kier alpha value is -2.79. The molecule has 0 fully saturated rings. The van der Waals surface area contributed by atoms with Gasteiger partial charge in [-0.1, -0.05) is 35.9 Å². The van der Waals surface area contributed by atoms with Gasteiger partial charge in [0.1, 0.15) is 5.75 Å². The molecular weight excluding hydrogens is 338 g/mol. The number of nitrogens with one attached hydrogen (secondary N) is 1. The fraction of sp³-hybridized carbons (Fsp3) is 0.158. The third-order valence-electron chi connectivity index (χ3n) is 3.77. The number of aromatic nitrogens is 2. The van der Waals surface area contributed by atoms with Gasteiger partial charge in [0.2, 0.25) is 0 Å². The lowest BCUT2D eigenvalue weighted by Crippen LogP contribution is -2.24. The summed E-state index contributed by atoms with van der Waals surface area (Å²) in [5.74, 6) is 1.10. The Morgan fingerprint density at radius 3 is 2.72 bits per heavy atom. The quantitative estimate of drug-likeness (QED) is 0.734. The molecule has 0 aliphatic carbocycles. The van der Waals surface area contributed by atoms with Gasteiger partial charge in [-0.25, -0.2) is 4.98 Å². The van der Waals surface area contributed by atoms with Crippen LogP contribution in [0.1, 0.15) is 11.1 Å². The standard InChI is InChI=1S/C19H18ClN3O2/c1-25-17-4-2-3-15(11-17)12-22-18-19(24)23(10-9-21-18)13-14-5-7-16(20)8-6-14/h2-11H,12-13H2,1H3,(H,21,22). The maximum absolute atomic E-state index is 12.6. The number of nitrogens with zero attached hydrogens (tertiary/aromatic N) is 2. The van der Waals surface area contributed by atoms with Crippen LogP contribution in [0.25, 0.3) is 0 Å². The molecule has 0 spiro atoms. The van der Waals surface area contributed by atoms with Crippen LogP contribution in [0.3, 0.4) is 0 Å². The molecule has 5 nitrogen and oxygen atoms in total. The zero-order valence-electron chi connectivity index (χ0n) is 13.8. The first kappa shape index (κ1) is 17.0. The molecule has 1 aromatic heterocycles. The summed E-state index contributed by atoms with van der Waals surface area (Å²) in [6.45, 7) is 0.955. The van der Waals surface area contributed by atoms with Crippen molar-refractivity contribution in [2.45, 2.75) is 13.1 Å². The summed E-state index contributed by atoms with van der Waals surface area (Å²) < 4.78 is 6.82. The minimum absolute atomic E-state index is 0.166. The van der Waals surface area contributed by atoms with Crippen LogP contribution in [-0.2, 0) is 13.1 Å². The number of hydrogen-bond donors (Lipinski definition) is 1. The Balaban J connectivity index is 1.74. The molecule has 0 aliphatic heterocycles. The lowest BCUT2D eigenvalue weighted by molar-refractivity contribution is 0.414. The summed E-state index contributed by atoms with van der Waals surface area (Å²) in [6, 6.07) is 15.1. The van der Waals surface area contributed by atoms with Gasteiger partial charge in [-0.05, 0) is 35.4 Å². The van der Waals surface area contributed by atoms with Gasteiger partial charge in [0, 0.05) is 24.0 Å². The second-order valence-electron chi connectivity index (χ2n) is 5.54. The van der Waals surface area contributed by atoms with E-state index in [1.807, 2.05) is 48.5 Å². The predicted octanol–water partition coefficient (Wildman–Crippen LogP) is 3.57. The third kappa shape index (κ3) is 4.39. The lowest BCUT2D eigenvalue weighted by Gasteiger charge is -2.10. The first-order valence-electron chi connectivity index (χ1n) is 7.82. The normalized spacial score (nSPS) is 10.5. The fourth-order valence-corrected chi connectivity index (χ4v) is 2.57. The molecule has 25 heavy (non-hydrogen) atoms. The average molecular weight is 356 g/mol. The highest BCUT2D eigenvalue weighted by Crippen LogP contribution is 2.13. The van der Waals surface area contributed by atoms with Gasteiger partial charge in [-0.15, -0.1) is 0 Å². The van der Waals surface area contributed by atoms with Crippen molar-refractivity contribution in [1.82, 2.24) is 9.55 Å². The average Bonchev–Trinajstić information content (AvgIpc) is 2.64. The van der Waals surface area contributed by atoms with Crippen molar-refractivity contribution in [2.75, 3.05) is 12.4 Å². The van der Waals surface area contributed by atoms with Gasteiger partial charge in [-0.3, -0.25) is 4.79 Å². The summed E-state index contributed by atoms with van der Waals surface area (Å²) in [7, 11) is 1.63. The van der Waals surface area contributed by atoms with E-state index >= 15 is 0 Å². The molecule has 3 aromatic rings. The van der Waals surface area contributed by atoms with Crippen molar-refractivity contribution in [3.05, 3.63) is 87.4 Å². The summed E-state index contributed by atoms with van der Waals surface area (Å²) in [4.78, 5) is 16.7. The summed E-state index contributed by atoms with van der Waals surface area (Å²) in [5, 5.41) is 3.77. The largest absolute Gasteiger partial charge is 0.497 e. The molecule has 0 unspecified atom stereocenters. The number of benzene rings is 2. The smallest absolute Gasteiger partial charge is 0.293 e. The monoisotopic (exact) mass is 355 g/mol. The molecule has 0 bridgehead atoms. The molecule has 0 amide bonds. The molecule has 128 valence electrons. The third-order valence-corrected chi connectivity index (χ3v) is 4.03. The Kier molecular flexibility index (Phi) is 5.36. The van der Waals surface area contributed by atoms with Crippen LogP contribution in [0, 0.1) is 0 Å². The number of anilines is 1. The van der Waals surface area contributed by atoms with Gasteiger partial charge in [-0.2, -0.15) is 0 Å². The van der Waals surface area contributed by atoms with Crippen LogP contribution in [-0.4, -0.2) is 16.7 Å². The Morgan fingerprint density at radius 1 is 1.16 bits per heavy atom. The van der Waals surface area contributed by atoms with Crippen LogP contribution < -0.4 is 15.6 Å². The molecule has 1 heterocycles. The van der Waals surface area contributed by atoms with E-state index in [1.54, 1.807) is 24.1 Å². The highest BCUT2D eigenvalue weighted by Gasteiger charge is 2.06. The first-order chi connectivity index (χ1) is 12.2. The molecule has 0 radical (unpaired) electrons. The van der Waals surface area contributed by atoms with Crippen LogP contribution in [0.5, 0.6) is 5.75 Å². The number of methoxy groups -OCH3 is 1. The zero-order valence-corrected chi connectivity index (χ0v) is 14.5. The molecule has 1 N–H and O–H groups in total. The van der Waals surface area contributed by atoms with Gasteiger partial charge < -0.3 is 14.6 Å². The number of ether oxygens (including phenoxy) is 1. The molecular formula is C19H18ClN3O2. The van der Waals surface area contributed by atoms with Crippen molar-refractivity contribution in [2.24, 2.45) is 0 Å². The van der Waals surface area contributed by atoms with E-state index < -0.39 is 0 Å². The summed E-state index contributed by atoms with van der Waals surface area (Å²) >= 11 is 5.89. The van der Waals surface area contributed by atoms with E-state index in [4.69, 9.17) is 16.3 Å². The highest BCUT2D eigenvalue weighted by molar-refractivity contribution is 6.30. The van der Waals surface area contributed by atoms with Crippen molar-refractivity contribution < 1.29 is 4.74 Å². The van der Waals surface area contributed by atoms with E-state index in [1.165, 1.54) is 0 Å². The van der Waals surface area contributed by atoms with E-state index in [-0.39, 0.29) is 5.56 Å². The van der Waals surface area contributed by atoms with Gasteiger partial charge in [0.15, 0.2) is 5.82 Å². The van der Waals surface area contributed by atoms with Crippen molar-refractivity contribution in [1.29, 1.82) is 0 Å². The minimum Gasteiger partial charge on any atom is -0.497 e. The van der Waals surface area contributed by atoms with Crippen molar-refractivity contribution in [3.8, 4) is 5.75 Å².